The van der Waals surface area contributed by atoms with E-state index in [4.69, 9.17) is 0 Å². The van der Waals surface area contributed by atoms with Gasteiger partial charge in [0.25, 0.3) is 0 Å². The summed E-state index contributed by atoms with van der Waals surface area (Å²) in [6.07, 6.45) is 3.63. The Morgan fingerprint density at radius 1 is 1.36 bits per heavy atom. The summed E-state index contributed by atoms with van der Waals surface area (Å²) in [7, 11) is 0. The number of carbonyl (C=O) groups is 1. The first-order chi connectivity index (χ1) is 10.3. The van der Waals surface area contributed by atoms with E-state index < -0.39 is 5.60 Å². The van der Waals surface area contributed by atoms with Crippen molar-refractivity contribution in [2.75, 3.05) is 6.54 Å². The normalized spacial score (nSPS) is 16.2. The largest absolute Gasteiger partial charge is 0.389 e. The number of amides is 2. The number of benzene rings is 1. The Bertz CT molecular complexity index is 478. The highest BCUT2D eigenvalue weighted by atomic mass is 16.3. The lowest BCUT2D eigenvalue weighted by Gasteiger charge is -2.30. The van der Waals surface area contributed by atoms with Crippen molar-refractivity contribution in [3.8, 4) is 0 Å². The van der Waals surface area contributed by atoms with Crippen LogP contribution in [-0.4, -0.2) is 34.2 Å². The van der Waals surface area contributed by atoms with Crippen LogP contribution in [0.25, 0.3) is 0 Å². The molecular formula is C18H28N2O2. The van der Waals surface area contributed by atoms with Crippen molar-refractivity contribution in [1.82, 2.24) is 10.2 Å². The molecule has 0 radical (unpaired) electrons. The lowest BCUT2D eigenvalue weighted by atomic mass is 10.1. The van der Waals surface area contributed by atoms with Gasteiger partial charge in [-0.15, -0.1) is 0 Å². The highest BCUT2D eigenvalue weighted by Crippen LogP contribution is 2.33. The third-order valence-electron chi connectivity index (χ3n) is 3.83. The van der Waals surface area contributed by atoms with Gasteiger partial charge in [0.1, 0.15) is 0 Å². The van der Waals surface area contributed by atoms with E-state index in [2.05, 4.69) is 12.2 Å². The summed E-state index contributed by atoms with van der Waals surface area (Å²) in [5, 5.41) is 13.2. The van der Waals surface area contributed by atoms with E-state index in [0.717, 1.165) is 17.9 Å². The van der Waals surface area contributed by atoms with E-state index in [1.54, 1.807) is 18.7 Å². The molecule has 1 aromatic carbocycles. The Balaban J connectivity index is 1.97. The van der Waals surface area contributed by atoms with E-state index in [9.17, 15) is 9.90 Å². The monoisotopic (exact) mass is 304 g/mol. The molecule has 2 N–H and O–H groups in total. The molecule has 2 amide bonds. The van der Waals surface area contributed by atoms with Crippen LogP contribution in [0.1, 0.15) is 45.6 Å². The third-order valence-corrected chi connectivity index (χ3v) is 3.83. The molecule has 2 rings (SSSR count). The molecule has 1 fully saturated rings. The second-order valence-electron chi connectivity index (χ2n) is 7.18. The molecule has 0 spiro atoms. The van der Waals surface area contributed by atoms with Gasteiger partial charge < -0.3 is 15.3 Å². The minimum Gasteiger partial charge on any atom is -0.389 e. The van der Waals surface area contributed by atoms with Crippen molar-refractivity contribution in [1.29, 1.82) is 0 Å². The lowest BCUT2D eigenvalue weighted by molar-refractivity contribution is 0.0442. The number of aliphatic hydroxyl groups is 1. The van der Waals surface area contributed by atoms with Crippen molar-refractivity contribution in [3.63, 3.8) is 0 Å². The molecule has 122 valence electrons. The molecule has 1 aliphatic carbocycles. The van der Waals surface area contributed by atoms with Gasteiger partial charge in [0.05, 0.1) is 12.1 Å². The molecule has 4 heteroatoms. The topological polar surface area (TPSA) is 52.6 Å². The second kappa shape index (κ2) is 7.14. The minimum atomic E-state index is -0.911. The van der Waals surface area contributed by atoms with Crippen LogP contribution in [-0.2, 0) is 6.54 Å². The number of hydrogen-bond acceptors (Lipinski definition) is 2. The maximum Gasteiger partial charge on any atom is 0.318 e. The van der Waals surface area contributed by atoms with Crippen LogP contribution in [0.4, 0.5) is 4.79 Å². The molecule has 0 saturated heterocycles. The highest BCUT2D eigenvalue weighted by molar-refractivity contribution is 5.74. The van der Waals surface area contributed by atoms with E-state index in [0.29, 0.717) is 13.1 Å². The average molecular weight is 304 g/mol. The summed E-state index contributed by atoms with van der Waals surface area (Å²) in [4.78, 5) is 14.2. The molecule has 0 bridgehead atoms. The van der Waals surface area contributed by atoms with Gasteiger partial charge in [-0.2, -0.15) is 0 Å². The van der Waals surface area contributed by atoms with Gasteiger partial charge in [0.15, 0.2) is 0 Å². The number of carbonyl (C=O) groups excluding carboxylic acids is 1. The molecule has 0 aliphatic heterocycles. The molecular weight excluding hydrogens is 276 g/mol. The van der Waals surface area contributed by atoms with Gasteiger partial charge in [-0.3, -0.25) is 0 Å². The summed E-state index contributed by atoms with van der Waals surface area (Å²) in [5.74, 6) is 0.784. The van der Waals surface area contributed by atoms with Gasteiger partial charge in [0, 0.05) is 12.6 Å². The van der Waals surface area contributed by atoms with E-state index >= 15 is 0 Å². The fraction of sp³-hybridized carbons (Fsp3) is 0.611. The molecule has 1 unspecified atom stereocenters. The fourth-order valence-electron chi connectivity index (χ4n) is 2.68. The first kappa shape index (κ1) is 16.8. The molecule has 4 nitrogen and oxygen atoms in total. The molecule has 1 saturated carbocycles. The quantitative estimate of drug-likeness (QED) is 0.813. The zero-order valence-corrected chi connectivity index (χ0v) is 13.9. The summed E-state index contributed by atoms with van der Waals surface area (Å²) in [6, 6.07) is 9.97. The summed E-state index contributed by atoms with van der Waals surface area (Å²) in [5.41, 5.74) is 0.156. The van der Waals surface area contributed by atoms with Gasteiger partial charge in [-0.05, 0) is 38.7 Å². The smallest absolute Gasteiger partial charge is 0.318 e. The van der Waals surface area contributed by atoms with Crippen LogP contribution >= 0.6 is 0 Å². The third kappa shape index (κ3) is 6.06. The van der Waals surface area contributed by atoms with Crippen LogP contribution in [0.15, 0.2) is 30.3 Å². The Morgan fingerprint density at radius 2 is 2.00 bits per heavy atom. The zero-order valence-electron chi connectivity index (χ0n) is 13.9. The fourth-order valence-corrected chi connectivity index (χ4v) is 2.68. The van der Waals surface area contributed by atoms with Gasteiger partial charge in [-0.1, -0.05) is 43.2 Å². The van der Waals surface area contributed by atoms with Gasteiger partial charge in [-0.25, -0.2) is 4.79 Å². The summed E-state index contributed by atoms with van der Waals surface area (Å²) < 4.78 is 0. The van der Waals surface area contributed by atoms with E-state index in [1.807, 2.05) is 30.3 Å². The van der Waals surface area contributed by atoms with Crippen LogP contribution < -0.4 is 5.32 Å². The zero-order chi connectivity index (χ0) is 16.2. The lowest BCUT2D eigenvalue weighted by Crippen LogP contribution is -2.48. The van der Waals surface area contributed by atoms with Gasteiger partial charge in [0.2, 0.25) is 0 Å². The number of nitrogens with zero attached hydrogens (tertiary/aromatic N) is 1. The second-order valence-corrected chi connectivity index (χ2v) is 7.18. The number of rotatable bonds is 7. The Hall–Kier alpha value is -1.55. The SMILES string of the molecule is CC(CC1CC1)NC(=O)N(Cc1ccccc1)CC(C)(C)O. The van der Waals surface area contributed by atoms with Gasteiger partial charge >= 0.3 is 6.03 Å². The molecule has 1 aromatic rings. The molecule has 0 aromatic heterocycles. The van der Waals surface area contributed by atoms with E-state index in [1.165, 1.54) is 12.8 Å². The number of urea groups is 1. The number of hydrogen-bond donors (Lipinski definition) is 2. The van der Waals surface area contributed by atoms with E-state index in [-0.39, 0.29) is 12.1 Å². The molecule has 1 atom stereocenters. The maximum atomic E-state index is 12.5. The van der Waals surface area contributed by atoms with Crippen molar-refractivity contribution in [2.45, 2.75) is 58.2 Å². The minimum absolute atomic E-state index is 0.0980. The maximum absolute atomic E-state index is 12.5. The number of nitrogens with one attached hydrogen (secondary N) is 1. The van der Waals surface area contributed by atoms with Crippen LogP contribution in [0.5, 0.6) is 0 Å². The Kier molecular flexibility index (Phi) is 5.46. The first-order valence-electron chi connectivity index (χ1n) is 8.15. The predicted molar refractivity (Wildman–Crippen MR) is 88.5 cm³/mol. The van der Waals surface area contributed by atoms with Crippen molar-refractivity contribution in [3.05, 3.63) is 35.9 Å². The van der Waals surface area contributed by atoms with Crippen molar-refractivity contribution in [2.24, 2.45) is 5.92 Å². The first-order valence-corrected chi connectivity index (χ1v) is 8.15. The van der Waals surface area contributed by atoms with Crippen LogP contribution in [0.2, 0.25) is 0 Å². The molecule has 1 aliphatic rings. The Labute approximate surface area is 133 Å². The molecule has 0 heterocycles. The van der Waals surface area contributed by atoms with Crippen LogP contribution in [0, 0.1) is 5.92 Å². The van der Waals surface area contributed by atoms with Crippen molar-refractivity contribution >= 4 is 6.03 Å². The van der Waals surface area contributed by atoms with Crippen molar-refractivity contribution < 1.29 is 9.90 Å². The summed E-state index contributed by atoms with van der Waals surface area (Å²) in [6.45, 7) is 6.33. The molecule has 22 heavy (non-hydrogen) atoms. The van der Waals surface area contributed by atoms with Crippen LogP contribution in [0.3, 0.4) is 0 Å². The Morgan fingerprint density at radius 3 is 2.55 bits per heavy atom. The average Bonchev–Trinajstić information content (AvgIpc) is 3.21. The highest BCUT2D eigenvalue weighted by Gasteiger charge is 2.27. The predicted octanol–water partition coefficient (Wildman–Crippen LogP) is 3.16. The summed E-state index contributed by atoms with van der Waals surface area (Å²) >= 11 is 0. The standard InChI is InChI=1S/C18H28N2O2/c1-14(11-15-9-10-15)19-17(21)20(13-18(2,3)22)12-16-7-5-4-6-8-16/h4-8,14-15,22H,9-13H2,1-3H3,(H,19,21).